The lowest BCUT2D eigenvalue weighted by molar-refractivity contribution is -0.150. The highest BCUT2D eigenvalue weighted by Crippen LogP contribution is 2.35. The molecule has 89 heavy (non-hydrogen) atoms. The predicted octanol–water partition coefficient (Wildman–Crippen LogP) is 9.86. The Labute approximate surface area is 527 Å². The summed E-state index contributed by atoms with van der Waals surface area (Å²) in [4.78, 5) is 81.0. The standard InChI is InChI=1S/C33H43N7O4.C19H24ClN5.C14H20N2O4/c1-4-26-30(35-19-28(32(41)44-22(2)3)39-33(42)43-20-23-9-6-5-7-10-23)36-21-37-31(26)40-17-14-24(15-18-40)27-13-12-25-11-8-16-34-29(25)38-27;1-2-15-17(20)22-12-23-19(15)25-10-7-13(8-11-25)16-6-5-14-4-3-9-21-18(14)24-16;1-10(2)20-13(17)12(8-15)16-14(18)19-9-11-6-4-3-5-7-11/h5-7,9-10,12-13,21-22,24,28H,4,8,11,14-20H2,1-3H3,(H,34,38)(H,39,42)(H,35,36,37);5-6,12-13H,2-4,7-11H2,1H3,(H,21,24);3-7,10,12H,8-9,15H2,1-2H3,(H,16,18)/t28-;;12-/m0.0/s1. The predicted molar refractivity (Wildman–Crippen MR) is 345 cm³/mol. The zero-order valence-electron chi connectivity index (χ0n) is 52.1. The van der Waals surface area contributed by atoms with Gasteiger partial charge in [0, 0.05) is 86.7 Å². The molecule has 0 saturated carbocycles. The van der Waals surface area contributed by atoms with Gasteiger partial charge >= 0.3 is 24.1 Å². The number of rotatable bonds is 20. The monoisotopic (exact) mass is 1240 g/mol. The van der Waals surface area contributed by atoms with E-state index in [4.69, 9.17) is 46.3 Å². The molecule has 476 valence electrons. The Hall–Kier alpha value is -8.37. The molecule has 23 heteroatoms. The Kier molecular flexibility index (Phi) is 25.3. The number of hydrogen-bond acceptors (Lipinski definition) is 20. The molecular weight excluding hydrogens is 1150 g/mol. The van der Waals surface area contributed by atoms with Crippen molar-refractivity contribution in [3.8, 4) is 0 Å². The lowest BCUT2D eigenvalue weighted by Gasteiger charge is -2.34. The molecule has 0 aliphatic carbocycles. The van der Waals surface area contributed by atoms with E-state index < -0.39 is 36.2 Å². The van der Waals surface area contributed by atoms with Crippen LogP contribution in [-0.2, 0) is 67.4 Å². The largest absolute Gasteiger partial charge is 0.461 e. The molecule has 10 rings (SSSR count). The number of amides is 2. The molecule has 2 amide bonds. The third-order valence-corrected chi connectivity index (χ3v) is 16.1. The second-order valence-corrected chi connectivity index (χ2v) is 23.2. The fourth-order valence-electron chi connectivity index (χ4n) is 11.1. The van der Waals surface area contributed by atoms with Crippen LogP contribution in [0.4, 0.5) is 38.7 Å². The molecule has 7 N–H and O–H groups in total. The number of pyridine rings is 2. The fourth-order valence-corrected chi connectivity index (χ4v) is 11.3. The summed E-state index contributed by atoms with van der Waals surface area (Å²) in [6.07, 6.45) is 11.4. The zero-order chi connectivity index (χ0) is 63.1. The number of fused-ring (bicyclic) bond motifs is 2. The number of piperidine rings is 2. The van der Waals surface area contributed by atoms with Crippen LogP contribution < -0.4 is 42.1 Å². The molecule has 0 unspecified atom stereocenters. The summed E-state index contributed by atoms with van der Waals surface area (Å²) in [7, 11) is 0. The number of esters is 2. The summed E-state index contributed by atoms with van der Waals surface area (Å²) < 4.78 is 20.7. The molecule has 0 bridgehead atoms. The molecule has 4 aliphatic rings. The number of halogens is 1. The molecule has 2 atom stereocenters. The van der Waals surface area contributed by atoms with Crippen molar-refractivity contribution in [1.29, 1.82) is 0 Å². The van der Waals surface area contributed by atoms with E-state index in [-0.39, 0.29) is 38.5 Å². The van der Waals surface area contributed by atoms with Crippen LogP contribution in [-0.4, -0.2) is 131 Å². The van der Waals surface area contributed by atoms with Crippen LogP contribution in [0.15, 0.2) is 97.6 Å². The van der Waals surface area contributed by atoms with Crippen molar-refractivity contribution < 1.29 is 38.1 Å². The lowest BCUT2D eigenvalue weighted by atomic mass is 9.92. The van der Waals surface area contributed by atoms with Gasteiger partial charge in [-0.15, -0.1) is 0 Å². The molecule has 0 spiro atoms. The van der Waals surface area contributed by atoms with Gasteiger partial charge in [0.25, 0.3) is 0 Å². The minimum Gasteiger partial charge on any atom is -0.461 e. The Bertz CT molecular complexity index is 3240. The summed E-state index contributed by atoms with van der Waals surface area (Å²) in [6, 6.07) is 25.6. The highest BCUT2D eigenvalue weighted by atomic mass is 35.5. The van der Waals surface area contributed by atoms with Crippen LogP contribution in [0, 0.1) is 0 Å². The van der Waals surface area contributed by atoms with Crippen molar-refractivity contribution in [1.82, 2.24) is 40.5 Å². The first-order valence-corrected chi connectivity index (χ1v) is 31.7. The van der Waals surface area contributed by atoms with E-state index in [1.54, 1.807) is 40.3 Å². The average Bonchev–Trinajstić information content (AvgIpc) is 1.47. The highest BCUT2D eigenvalue weighted by Gasteiger charge is 2.30. The van der Waals surface area contributed by atoms with Crippen LogP contribution in [0.25, 0.3) is 0 Å². The zero-order valence-corrected chi connectivity index (χ0v) is 52.9. The maximum absolute atomic E-state index is 12.9. The number of nitrogens with zero attached hydrogens (tertiary/aromatic N) is 8. The van der Waals surface area contributed by atoms with Gasteiger partial charge in [-0.2, -0.15) is 0 Å². The third-order valence-electron chi connectivity index (χ3n) is 15.7. The lowest BCUT2D eigenvalue weighted by Crippen LogP contribution is -2.47. The summed E-state index contributed by atoms with van der Waals surface area (Å²) >= 11 is 6.25. The number of anilines is 5. The molecular formula is C66H87ClN14O8. The molecule has 22 nitrogen and oxygen atoms in total. The molecule has 2 saturated heterocycles. The van der Waals surface area contributed by atoms with E-state index in [1.165, 1.54) is 23.2 Å². The second kappa shape index (κ2) is 33.8. The quantitative estimate of drug-likeness (QED) is 0.0236. The number of benzene rings is 2. The van der Waals surface area contributed by atoms with Gasteiger partial charge in [-0.05, 0) is 126 Å². The van der Waals surface area contributed by atoms with Crippen molar-refractivity contribution in [3.05, 3.63) is 148 Å². The van der Waals surface area contributed by atoms with Gasteiger partial charge < -0.3 is 61.1 Å². The Morgan fingerprint density at radius 3 is 1.52 bits per heavy atom. The average molecular weight is 1240 g/mol. The van der Waals surface area contributed by atoms with Gasteiger partial charge in [-0.1, -0.05) is 98.2 Å². The molecule has 0 radical (unpaired) electrons. The van der Waals surface area contributed by atoms with E-state index in [0.717, 1.165) is 142 Å². The van der Waals surface area contributed by atoms with Crippen LogP contribution in [0.2, 0.25) is 5.15 Å². The molecule has 8 heterocycles. The normalized spacial score (nSPS) is 15.4. The maximum atomic E-state index is 12.9. The fraction of sp³-hybridized carbons (Fsp3) is 0.485. The first-order chi connectivity index (χ1) is 43.2. The minimum absolute atomic E-state index is 0.0496. The molecule has 4 aliphatic heterocycles. The minimum atomic E-state index is -0.974. The van der Waals surface area contributed by atoms with Crippen molar-refractivity contribution >= 4 is 64.8 Å². The highest BCUT2D eigenvalue weighted by molar-refractivity contribution is 6.30. The van der Waals surface area contributed by atoms with Crippen molar-refractivity contribution in [2.75, 3.05) is 78.1 Å². The number of ether oxygens (including phenoxy) is 4. The van der Waals surface area contributed by atoms with E-state index in [2.05, 4.69) is 94.4 Å². The molecule has 6 aromatic rings. The SMILES string of the molecule is CC(C)OC(=O)[C@H](CN)NC(=O)OCc1ccccc1.CCc1c(Cl)ncnc1N1CCC(c2ccc3c(n2)NCCC3)CC1.CCc1c(NC[C@H](NC(=O)OCc2ccccc2)C(=O)OC(C)C)ncnc1N1CCC(c2ccc3c(n2)NCCC3)CC1. The van der Waals surface area contributed by atoms with Crippen LogP contribution in [0.1, 0.15) is 137 Å². The summed E-state index contributed by atoms with van der Waals surface area (Å²) in [5, 5.41) is 15.8. The number of carbonyl (C=O) groups is 4. The Morgan fingerprint density at radius 2 is 1.06 bits per heavy atom. The Morgan fingerprint density at radius 1 is 0.607 bits per heavy atom. The maximum Gasteiger partial charge on any atom is 0.408 e. The number of alkyl carbamates (subject to hydrolysis) is 2. The van der Waals surface area contributed by atoms with E-state index in [1.807, 2.05) is 60.7 Å². The number of hydrogen-bond donors (Lipinski definition) is 6. The van der Waals surface area contributed by atoms with Crippen molar-refractivity contribution in [2.24, 2.45) is 5.73 Å². The third kappa shape index (κ3) is 19.6. The van der Waals surface area contributed by atoms with Crippen molar-refractivity contribution in [3.63, 3.8) is 0 Å². The first kappa shape index (κ1) is 66.6. The van der Waals surface area contributed by atoms with Gasteiger partial charge in [0.05, 0.1) is 12.2 Å². The van der Waals surface area contributed by atoms with Crippen molar-refractivity contribution in [2.45, 2.75) is 155 Å². The second-order valence-electron chi connectivity index (χ2n) is 22.9. The van der Waals surface area contributed by atoms with Gasteiger partial charge in [0.1, 0.15) is 72.2 Å². The molecule has 2 aromatic carbocycles. The van der Waals surface area contributed by atoms with Crippen LogP contribution in [0.3, 0.4) is 0 Å². The topological polar surface area (TPSA) is 275 Å². The van der Waals surface area contributed by atoms with Crippen LogP contribution >= 0.6 is 11.6 Å². The van der Waals surface area contributed by atoms with Gasteiger partial charge in [0.15, 0.2) is 0 Å². The summed E-state index contributed by atoms with van der Waals surface area (Å²) in [6.45, 7) is 17.1. The summed E-state index contributed by atoms with van der Waals surface area (Å²) in [5.74, 6) is 4.47. The van der Waals surface area contributed by atoms with E-state index >= 15 is 0 Å². The van der Waals surface area contributed by atoms with Gasteiger partial charge in [-0.3, -0.25) is 0 Å². The first-order valence-electron chi connectivity index (χ1n) is 31.3. The number of carbonyl (C=O) groups excluding carboxylic acids is 4. The van der Waals surface area contributed by atoms with E-state index in [0.29, 0.717) is 29.2 Å². The summed E-state index contributed by atoms with van der Waals surface area (Å²) in [5.41, 5.74) is 14.2. The molecule has 4 aromatic heterocycles. The van der Waals surface area contributed by atoms with Gasteiger partial charge in [-0.25, -0.2) is 49.1 Å². The number of aromatic nitrogens is 6. The van der Waals surface area contributed by atoms with Gasteiger partial charge in [0.2, 0.25) is 0 Å². The number of nitrogens with one attached hydrogen (secondary N) is 5. The Balaban J connectivity index is 0.000000191. The smallest absolute Gasteiger partial charge is 0.408 e. The van der Waals surface area contributed by atoms with E-state index in [9.17, 15) is 19.2 Å². The molecule has 2 fully saturated rings. The number of nitrogens with two attached hydrogens (primary N) is 1. The van der Waals surface area contributed by atoms with Crippen LogP contribution in [0.5, 0.6) is 0 Å². The number of aryl methyl sites for hydroxylation is 2.